The molecule has 1 aliphatic rings. The molecule has 4 rings (SSSR count). The van der Waals surface area contributed by atoms with Crippen molar-refractivity contribution < 1.29 is 24.2 Å². The van der Waals surface area contributed by atoms with Gasteiger partial charge in [0.1, 0.15) is 17.3 Å². The number of nitrogens with zero attached hydrogens (tertiary/aromatic N) is 1. The minimum Gasteiger partial charge on any atom is -0.507 e. The van der Waals surface area contributed by atoms with Crippen LogP contribution in [-0.4, -0.2) is 31.0 Å². The van der Waals surface area contributed by atoms with E-state index in [1.165, 1.54) is 4.90 Å². The van der Waals surface area contributed by atoms with E-state index in [0.29, 0.717) is 28.3 Å². The molecule has 1 heterocycles. The van der Waals surface area contributed by atoms with Gasteiger partial charge in [-0.2, -0.15) is 0 Å². The molecule has 0 aliphatic carbocycles. The van der Waals surface area contributed by atoms with E-state index in [2.05, 4.69) is 0 Å². The molecule has 6 heteroatoms. The molecule has 6 nitrogen and oxygen atoms in total. The van der Waals surface area contributed by atoms with Crippen LogP contribution in [0.1, 0.15) is 39.4 Å². The highest BCUT2D eigenvalue weighted by molar-refractivity contribution is 6.51. The maximum absolute atomic E-state index is 13.5. The van der Waals surface area contributed by atoms with Crippen LogP contribution in [0.25, 0.3) is 5.76 Å². The van der Waals surface area contributed by atoms with Gasteiger partial charge in [-0.15, -0.1) is 0 Å². The average Bonchev–Trinajstić information content (AvgIpc) is 3.10. The van der Waals surface area contributed by atoms with Gasteiger partial charge in [0.05, 0.1) is 25.8 Å². The Morgan fingerprint density at radius 3 is 2.17 bits per heavy atom. The molecule has 0 spiro atoms. The lowest BCUT2D eigenvalue weighted by molar-refractivity contribution is -0.132. The van der Waals surface area contributed by atoms with Crippen molar-refractivity contribution in [1.82, 2.24) is 0 Å². The third-order valence-corrected chi connectivity index (χ3v) is 6.49. The number of amides is 1. The first-order valence-corrected chi connectivity index (χ1v) is 11.4. The number of aliphatic hydroxyl groups excluding tert-OH is 1. The van der Waals surface area contributed by atoms with E-state index >= 15 is 0 Å². The number of Topliss-reactive ketones (excluding diaryl/α,β-unsaturated/α-hetero) is 1. The lowest BCUT2D eigenvalue weighted by atomic mass is 9.92. The van der Waals surface area contributed by atoms with E-state index in [0.717, 1.165) is 22.3 Å². The maximum atomic E-state index is 13.5. The van der Waals surface area contributed by atoms with Crippen molar-refractivity contribution >= 4 is 23.1 Å². The summed E-state index contributed by atoms with van der Waals surface area (Å²) >= 11 is 0. The number of anilines is 1. The average molecular weight is 472 g/mol. The number of ketones is 1. The first-order chi connectivity index (χ1) is 16.7. The summed E-state index contributed by atoms with van der Waals surface area (Å²) in [4.78, 5) is 28.5. The summed E-state index contributed by atoms with van der Waals surface area (Å²) in [7, 11) is 3.12. The van der Waals surface area contributed by atoms with Gasteiger partial charge in [-0.3, -0.25) is 14.5 Å². The van der Waals surface area contributed by atoms with Gasteiger partial charge in [0.25, 0.3) is 11.7 Å². The zero-order valence-corrected chi connectivity index (χ0v) is 20.8. The van der Waals surface area contributed by atoms with Crippen molar-refractivity contribution in [3.05, 3.63) is 93.6 Å². The lowest BCUT2D eigenvalue weighted by Gasteiger charge is -2.28. The van der Waals surface area contributed by atoms with Crippen LogP contribution in [0.3, 0.4) is 0 Å². The molecule has 1 fully saturated rings. The topological polar surface area (TPSA) is 76.1 Å². The van der Waals surface area contributed by atoms with Gasteiger partial charge in [-0.1, -0.05) is 35.9 Å². The summed E-state index contributed by atoms with van der Waals surface area (Å²) in [6.07, 6.45) is 0. The molecule has 180 valence electrons. The van der Waals surface area contributed by atoms with E-state index in [1.807, 2.05) is 70.2 Å². The van der Waals surface area contributed by atoms with Gasteiger partial charge in [0, 0.05) is 16.8 Å². The highest BCUT2D eigenvalue weighted by Gasteiger charge is 2.48. The van der Waals surface area contributed by atoms with Gasteiger partial charge >= 0.3 is 0 Å². The summed E-state index contributed by atoms with van der Waals surface area (Å²) in [5, 5.41) is 11.5. The molecule has 1 atom stereocenters. The zero-order valence-electron chi connectivity index (χ0n) is 20.8. The van der Waals surface area contributed by atoms with Crippen LogP contribution in [0.5, 0.6) is 11.5 Å². The molecule has 0 aromatic heterocycles. The van der Waals surface area contributed by atoms with Gasteiger partial charge in [-0.05, 0) is 68.7 Å². The number of carbonyl (C=O) groups is 2. The molecule has 0 radical (unpaired) electrons. The standard InChI is InChI=1S/C29H29NO5/c1-16-11-12-22(18(3)13-16)30-26(20-9-7-8-10-23(20)34-5)25(28(32)29(30)33)27(31)21-14-19(4)24(35-6)15-17(21)2/h7-15,26,31H,1-6H3/b27-25+. The molecule has 35 heavy (non-hydrogen) atoms. The van der Waals surface area contributed by atoms with E-state index in [1.54, 1.807) is 26.4 Å². The fourth-order valence-electron chi connectivity index (χ4n) is 4.75. The molecule has 1 N–H and O–H groups in total. The van der Waals surface area contributed by atoms with Crippen LogP contribution >= 0.6 is 0 Å². The Bertz CT molecular complexity index is 1370. The summed E-state index contributed by atoms with van der Waals surface area (Å²) in [6, 6.07) is 15.6. The largest absolute Gasteiger partial charge is 0.507 e. The molecular formula is C29H29NO5. The van der Waals surface area contributed by atoms with Crippen LogP contribution in [0.4, 0.5) is 5.69 Å². The SMILES string of the molecule is COc1cc(C)c(/C(O)=C2\C(=O)C(=O)N(c3ccc(C)cc3C)C2c2ccccc2OC)cc1C. The number of aryl methyl sites for hydroxylation is 4. The van der Waals surface area contributed by atoms with Crippen molar-refractivity contribution in [2.75, 3.05) is 19.1 Å². The molecule has 1 saturated heterocycles. The Hall–Kier alpha value is -4.06. The zero-order chi connectivity index (χ0) is 25.4. The van der Waals surface area contributed by atoms with Crippen LogP contribution < -0.4 is 14.4 Å². The van der Waals surface area contributed by atoms with E-state index in [9.17, 15) is 14.7 Å². The number of hydrogen-bond acceptors (Lipinski definition) is 5. The molecular weight excluding hydrogens is 442 g/mol. The minimum atomic E-state index is -0.866. The molecule has 1 aliphatic heterocycles. The monoisotopic (exact) mass is 471 g/mol. The summed E-state index contributed by atoms with van der Waals surface area (Å²) < 4.78 is 11.0. The fraction of sp³-hybridized carbons (Fsp3) is 0.241. The molecule has 1 amide bonds. The van der Waals surface area contributed by atoms with Gasteiger partial charge < -0.3 is 14.6 Å². The van der Waals surface area contributed by atoms with Crippen LogP contribution in [0.2, 0.25) is 0 Å². The fourth-order valence-corrected chi connectivity index (χ4v) is 4.75. The van der Waals surface area contributed by atoms with E-state index in [4.69, 9.17) is 9.47 Å². The van der Waals surface area contributed by atoms with E-state index in [-0.39, 0.29) is 11.3 Å². The second kappa shape index (κ2) is 9.29. The molecule has 0 bridgehead atoms. The Morgan fingerprint density at radius 1 is 0.829 bits per heavy atom. The van der Waals surface area contributed by atoms with Crippen LogP contribution in [0, 0.1) is 27.7 Å². The van der Waals surface area contributed by atoms with Crippen molar-refractivity contribution in [3.63, 3.8) is 0 Å². The summed E-state index contributed by atoms with van der Waals surface area (Å²) in [6.45, 7) is 7.56. The Balaban J connectivity index is 2.03. The predicted molar refractivity (Wildman–Crippen MR) is 136 cm³/mol. The van der Waals surface area contributed by atoms with Crippen molar-refractivity contribution in [1.29, 1.82) is 0 Å². The third-order valence-electron chi connectivity index (χ3n) is 6.49. The molecule has 0 saturated carbocycles. The number of aliphatic hydroxyl groups is 1. The third kappa shape index (κ3) is 4.05. The maximum Gasteiger partial charge on any atom is 0.300 e. The number of benzene rings is 3. The van der Waals surface area contributed by atoms with Crippen molar-refractivity contribution in [3.8, 4) is 11.5 Å². The first kappa shape index (κ1) is 24.1. The second-order valence-electron chi connectivity index (χ2n) is 8.84. The highest BCUT2D eigenvalue weighted by atomic mass is 16.5. The molecule has 1 unspecified atom stereocenters. The molecule has 3 aromatic rings. The van der Waals surface area contributed by atoms with Crippen LogP contribution in [-0.2, 0) is 9.59 Å². The summed E-state index contributed by atoms with van der Waals surface area (Å²) in [5.41, 5.74) is 5.13. The number of carbonyl (C=O) groups excluding carboxylic acids is 2. The van der Waals surface area contributed by atoms with Crippen LogP contribution in [0.15, 0.2) is 60.2 Å². The van der Waals surface area contributed by atoms with Crippen molar-refractivity contribution in [2.45, 2.75) is 33.7 Å². The normalized spacial score (nSPS) is 17.1. The van der Waals surface area contributed by atoms with Gasteiger partial charge in [0.2, 0.25) is 0 Å². The number of rotatable bonds is 5. The predicted octanol–water partition coefficient (Wildman–Crippen LogP) is 5.56. The first-order valence-electron chi connectivity index (χ1n) is 11.4. The second-order valence-corrected chi connectivity index (χ2v) is 8.84. The Labute approximate surface area is 205 Å². The van der Waals surface area contributed by atoms with Gasteiger partial charge in [-0.25, -0.2) is 0 Å². The van der Waals surface area contributed by atoms with Gasteiger partial charge in [0.15, 0.2) is 0 Å². The number of para-hydroxylation sites is 1. The number of hydrogen-bond donors (Lipinski definition) is 1. The summed E-state index contributed by atoms with van der Waals surface area (Å²) in [5.74, 6) is -0.475. The molecule has 3 aromatic carbocycles. The minimum absolute atomic E-state index is 0.0205. The number of ether oxygens (including phenoxy) is 2. The Kier molecular flexibility index (Phi) is 6.39. The quantitative estimate of drug-likeness (QED) is 0.299. The lowest BCUT2D eigenvalue weighted by Crippen LogP contribution is -2.30. The smallest absolute Gasteiger partial charge is 0.300 e. The van der Waals surface area contributed by atoms with E-state index < -0.39 is 17.7 Å². The Morgan fingerprint density at radius 2 is 1.51 bits per heavy atom. The van der Waals surface area contributed by atoms with Crippen molar-refractivity contribution in [2.24, 2.45) is 0 Å². The highest BCUT2D eigenvalue weighted by Crippen LogP contribution is 2.46. The number of methoxy groups -OCH3 is 2.